The lowest BCUT2D eigenvalue weighted by Gasteiger charge is -2.17. The quantitative estimate of drug-likeness (QED) is 0.888. The van der Waals surface area contributed by atoms with Gasteiger partial charge < -0.3 is 14.7 Å². The highest BCUT2D eigenvalue weighted by Gasteiger charge is 2.31. The van der Waals surface area contributed by atoms with E-state index < -0.39 is 6.10 Å². The number of β-amino-alcohol motifs (C(OH)–C–C–N with tert-alkyl or cyclic N) is 1. The van der Waals surface area contributed by atoms with E-state index in [2.05, 4.69) is 20.8 Å². The molecule has 1 aromatic carbocycles. The summed E-state index contributed by atoms with van der Waals surface area (Å²) in [6.07, 6.45) is -0.474. The van der Waals surface area contributed by atoms with Gasteiger partial charge >= 0.3 is 0 Å². The Kier molecular flexibility index (Phi) is 3.29. The Morgan fingerprint density at radius 3 is 2.87 bits per heavy atom. The van der Waals surface area contributed by atoms with Crippen molar-refractivity contribution in [3.8, 4) is 0 Å². The number of hydrogen-bond acceptors (Lipinski definition) is 3. The van der Waals surface area contributed by atoms with Gasteiger partial charge in [-0.3, -0.25) is 0 Å². The van der Waals surface area contributed by atoms with Crippen molar-refractivity contribution in [2.75, 3.05) is 25.1 Å². The maximum atomic E-state index is 9.71. The molecule has 0 bridgehead atoms. The van der Waals surface area contributed by atoms with Crippen LogP contribution in [-0.4, -0.2) is 37.5 Å². The Hall–Kier alpha value is -0.580. The number of rotatable bonds is 2. The van der Waals surface area contributed by atoms with Gasteiger partial charge in [0.05, 0.1) is 6.10 Å². The minimum atomic E-state index is -0.394. The first kappa shape index (κ1) is 10.9. The van der Waals surface area contributed by atoms with E-state index in [1.165, 1.54) is 0 Å². The van der Waals surface area contributed by atoms with Gasteiger partial charge in [-0.05, 0) is 18.2 Å². The molecule has 0 spiro atoms. The number of aliphatic hydroxyl groups is 1. The summed E-state index contributed by atoms with van der Waals surface area (Å²) in [4.78, 5) is 2.13. The molecule has 1 aromatic rings. The van der Waals surface area contributed by atoms with Crippen LogP contribution in [0.1, 0.15) is 0 Å². The van der Waals surface area contributed by atoms with Gasteiger partial charge in [0.25, 0.3) is 0 Å². The zero-order valence-electron chi connectivity index (χ0n) is 8.56. The third-order valence-corrected chi connectivity index (χ3v) is 3.21. The average molecular weight is 272 g/mol. The molecular weight excluding hydrogens is 258 g/mol. The Morgan fingerprint density at radius 2 is 2.27 bits per heavy atom. The summed E-state index contributed by atoms with van der Waals surface area (Å²) >= 11 is 3.44. The summed E-state index contributed by atoms with van der Waals surface area (Å²) in [5, 5.41) is 9.71. The van der Waals surface area contributed by atoms with Crippen molar-refractivity contribution in [1.29, 1.82) is 0 Å². The number of nitrogens with zero attached hydrogens (tertiary/aromatic N) is 1. The Labute approximate surface area is 97.8 Å². The van der Waals surface area contributed by atoms with Gasteiger partial charge in [-0.25, -0.2) is 0 Å². The standard InChI is InChI=1S/C11H14BrNO2/c1-15-11-7-13(6-10(11)14)9-4-2-3-8(12)5-9/h2-5,10-11,14H,6-7H2,1H3/t10-,11-/m0/s1. The van der Waals surface area contributed by atoms with Gasteiger partial charge in [0.1, 0.15) is 6.10 Å². The second-order valence-electron chi connectivity index (χ2n) is 3.73. The summed E-state index contributed by atoms with van der Waals surface area (Å²) < 4.78 is 6.25. The van der Waals surface area contributed by atoms with Gasteiger partial charge in [0.15, 0.2) is 0 Å². The number of anilines is 1. The molecule has 1 fully saturated rings. The molecule has 1 aliphatic heterocycles. The molecule has 1 saturated heterocycles. The summed E-state index contributed by atoms with van der Waals surface area (Å²) in [5.41, 5.74) is 1.11. The lowest BCUT2D eigenvalue weighted by molar-refractivity contribution is 0.0217. The highest BCUT2D eigenvalue weighted by molar-refractivity contribution is 9.10. The van der Waals surface area contributed by atoms with Crippen molar-refractivity contribution in [3.05, 3.63) is 28.7 Å². The van der Waals surface area contributed by atoms with Crippen LogP contribution in [0.4, 0.5) is 5.69 Å². The molecule has 0 aromatic heterocycles. The lowest BCUT2D eigenvalue weighted by atomic mass is 10.3. The van der Waals surface area contributed by atoms with E-state index in [1.807, 2.05) is 24.3 Å². The summed E-state index contributed by atoms with van der Waals surface area (Å²) in [6.45, 7) is 1.38. The molecule has 0 unspecified atom stereocenters. The normalized spacial score (nSPS) is 25.9. The van der Waals surface area contributed by atoms with Crippen LogP contribution in [0, 0.1) is 0 Å². The minimum absolute atomic E-state index is 0.0796. The molecule has 0 radical (unpaired) electrons. The van der Waals surface area contributed by atoms with Crippen LogP contribution >= 0.6 is 15.9 Å². The fraction of sp³-hybridized carbons (Fsp3) is 0.455. The van der Waals surface area contributed by atoms with Crippen molar-refractivity contribution in [1.82, 2.24) is 0 Å². The fourth-order valence-corrected chi connectivity index (χ4v) is 2.26. The summed E-state index contributed by atoms with van der Waals surface area (Å²) in [6, 6.07) is 8.07. The SMILES string of the molecule is CO[C@H]1CN(c2cccc(Br)c2)C[C@@H]1O. The minimum Gasteiger partial charge on any atom is -0.388 e. The Morgan fingerprint density at radius 1 is 1.47 bits per heavy atom. The van der Waals surface area contributed by atoms with Crippen LogP contribution in [0.25, 0.3) is 0 Å². The molecule has 1 heterocycles. The smallest absolute Gasteiger partial charge is 0.102 e. The van der Waals surface area contributed by atoms with Crippen LogP contribution < -0.4 is 4.90 Å². The Bertz CT molecular complexity index is 345. The average Bonchev–Trinajstić information content (AvgIpc) is 2.60. The number of aliphatic hydroxyl groups excluding tert-OH is 1. The first-order valence-corrected chi connectivity index (χ1v) is 5.71. The molecular formula is C11H14BrNO2. The van der Waals surface area contributed by atoms with Crippen molar-refractivity contribution < 1.29 is 9.84 Å². The van der Waals surface area contributed by atoms with E-state index in [1.54, 1.807) is 7.11 Å². The van der Waals surface area contributed by atoms with E-state index in [0.29, 0.717) is 6.54 Å². The maximum absolute atomic E-state index is 9.71. The van der Waals surface area contributed by atoms with Crippen molar-refractivity contribution in [2.45, 2.75) is 12.2 Å². The number of benzene rings is 1. The third kappa shape index (κ3) is 2.33. The molecule has 2 rings (SSSR count). The first-order chi connectivity index (χ1) is 7.20. The number of methoxy groups -OCH3 is 1. The lowest BCUT2D eigenvalue weighted by Crippen LogP contribution is -2.25. The highest BCUT2D eigenvalue weighted by atomic mass is 79.9. The van der Waals surface area contributed by atoms with Crippen LogP contribution in [0.15, 0.2) is 28.7 Å². The van der Waals surface area contributed by atoms with Crippen LogP contribution in [0.3, 0.4) is 0 Å². The van der Waals surface area contributed by atoms with Crippen LogP contribution in [0.2, 0.25) is 0 Å². The van der Waals surface area contributed by atoms with Gasteiger partial charge in [0.2, 0.25) is 0 Å². The Balaban J connectivity index is 2.13. The van der Waals surface area contributed by atoms with Gasteiger partial charge in [0, 0.05) is 30.4 Å². The van der Waals surface area contributed by atoms with Crippen LogP contribution in [0.5, 0.6) is 0 Å². The van der Waals surface area contributed by atoms with E-state index >= 15 is 0 Å². The topological polar surface area (TPSA) is 32.7 Å². The second kappa shape index (κ2) is 4.51. The molecule has 0 saturated carbocycles. The van der Waals surface area contributed by atoms with E-state index in [0.717, 1.165) is 16.7 Å². The molecule has 2 atom stereocenters. The van der Waals surface area contributed by atoms with E-state index in [4.69, 9.17) is 4.74 Å². The highest BCUT2D eigenvalue weighted by Crippen LogP contribution is 2.24. The number of halogens is 1. The summed E-state index contributed by atoms with van der Waals surface area (Å²) in [5.74, 6) is 0. The fourth-order valence-electron chi connectivity index (χ4n) is 1.87. The number of ether oxygens (including phenoxy) is 1. The monoisotopic (exact) mass is 271 g/mol. The van der Waals surface area contributed by atoms with Gasteiger partial charge in [-0.2, -0.15) is 0 Å². The molecule has 0 aliphatic carbocycles. The van der Waals surface area contributed by atoms with Gasteiger partial charge in [-0.1, -0.05) is 22.0 Å². The maximum Gasteiger partial charge on any atom is 0.102 e. The second-order valence-corrected chi connectivity index (χ2v) is 4.64. The van der Waals surface area contributed by atoms with Crippen molar-refractivity contribution in [3.63, 3.8) is 0 Å². The molecule has 15 heavy (non-hydrogen) atoms. The first-order valence-electron chi connectivity index (χ1n) is 4.92. The van der Waals surface area contributed by atoms with E-state index in [-0.39, 0.29) is 6.10 Å². The molecule has 1 aliphatic rings. The molecule has 1 N–H and O–H groups in total. The van der Waals surface area contributed by atoms with Crippen molar-refractivity contribution >= 4 is 21.6 Å². The van der Waals surface area contributed by atoms with E-state index in [9.17, 15) is 5.11 Å². The van der Waals surface area contributed by atoms with Crippen molar-refractivity contribution in [2.24, 2.45) is 0 Å². The molecule has 3 nitrogen and oxygen atoms in total. The molecule has 0 amide bonds. The zero-order valence-corrected chi connectivity index (χ0v) is 10.1. The number of hydrogen-bond donors (Lipinski definition) is 1. The van der Waals surface area contributed by atoms with Crippen LogP contribution in [-0.2, 0) is 4.74 Å². The third-order valence-electron chi connectivity index (χ3n) is 2.71. The molecule has 82 valence electrons. The largest absolute Gasteiger partial charge is 0.388 e. The zero-order chi connectivity index (χ0) is 10.8. The van der Waals surface area contributed by atoms with Gasteiger partial charge in [-0.15, -0.1) is 0 Å². The predicted molar refractivity (Wildman–Crippen MR) is 63.2 cm³/mol. The summed E-state index contributed by atoms with van der Waals surface area (Å²) in [7, 11) is 1.64. The molecule has 4 heteroatoms. The predicted octanol–water partition coefficient (Wildman–Crippen LogP) is 1.64.